The van der Waals surface area contributed by atoms with Crippen LogP contribution in [0.2, 0.25) is 0 Å². The van der Waals surface area contributed by atoms with E-state index in [0.29, 0.717) is 0 Å². The van der Waals surface area contributed by atoms with Gasteiger partial charge in [0.2, 0.25) is 0 Å². The largest absolute Gasteiger partial charge is 0.476 e. The normalized spacial score (nSPS) is 11.7. The van der Waals surface area contributed by atoms with E-state index in [9.17, 15) is 4.79 Å². The van der Waals surface area contributed by atoms with Crippen LogP contribution in [0, 0.1) is 6.92 Å². The molecule has 0 aromatic carbocycles. The summed E-state index contributed by atoms with van der Waals surface area (Å²) in [5, 5.41) is 12.7. The fourth-order valence-corrected chi connectivity index (χ4v) is 1.26. The minimum Gasteiger partial charge on any atom is -0.476 e. The predicted octanol–water partition coefficient (Wildman–Crippen LogP) is 1.64. The maximum absolute atomic E-state index is 10.6. The molecule has 0 unspecified atom stereocenters. The van der Waals surface area contributed by atoms with Gasteiger partial charge >= 0.3 is 5.97 Å². The first kappa shape index (κ1) is 9.77. The molecule has 0 amide bonds. The van der Waals surface area contributed by atoms with Crippen LogP contribution in [0.1, 0.15) is 37.0 Å². The van der Waals surface area contributed by atoms with Crippen LogP contribution in [0.15, 0.2) is 6.07 Å². The molecule has 0 spiro atoms. The first-order valence-corrected chi connectivity index (χ1v) is 4.13. The molecule has 0 saturated carbocycles. The molecule has 13 heavy (non-hydrogen) atoms. The van der Waals surface area contributed by atoms with Gasteiger partial charge in [-0.05, 0) is 33.8 Å². The standard InChI is InChI=1S/C9H14N2O2/c1-6-5-7(8(12)13)10-11(6)9(2,3)4/h5H,1-4H3,(H,12,13). The van der Waals surface area contributed by atoms with Gasteiger partial charge in [0, 0.05) is 5.69 Å². The molecule has 0 aliphatic heterocycles. The topological polar surface area (TPSA) is 55.1 Å². The fourth-order valence-electron chi connectivity index (χ4n) is 1.26. The highest BCUT2D eigenvalue weighted by Gasteiger charge is 2.19. The van der Waals surface area contributed by atoms with E-state index >= 15 is 0 Å². The third-order valence-electron chi connectivity index (χ3n) is 1.74. The van der Waals surface area contributed by atoms with Crippen LogP contribution in [0.5, 0.6) is 0 Å². The second-order valence-corrected chi connectivity index (χ2v) is 4.06. The zero-order valence-electron chi connectivity index (χ0n) is 8.33. The molecule has 4 nitrogen and oxygen atoms in total. The van der Waals surface area contributed by atoms with Crippen molar-refractivity contribution in [2.75, 3.05) is 0 Å². The van der Waals surface area contributed by atoms with Gasteiger partial charge in [0.25, 0.3) is 0 Å². The lowest BCUT2D eigenvalue weighted by atomic mass is 10.1. The molecule has 1 rings (SSSR count). The van der Waals surface area contributed by atoms with Crippen molar-refractivity contribution in [3.63, 3.8) is 0 Å². The van der Waals surface area contributed by atoms with Crippen molar-refractivity contribution in [1.29, 1.82) is 0 Å². The first-order valence-electron chi connectivity index (χ1n) is 4.13. The van der Waals surface area contributed by atoms with Crippen LogP contribution in [0.3, 0.4) is 0 Å². The number of aromatic carboxylic acids is 1. The molecule has 1 aromatic heterocycles. The van der Waals surface area contributed by atoms with Crippen LogP contribution in [-0.2, 0) is 5.54 Å². The Morgan fingerprint density at radius 3 is 2.31 bits per heavy atom. The third-order valence-corrected chi connectivity index (χ3v) is 1.74. The molecule has 0 atom stereocenters. The van der Waals surface area contributed by atoms with Gasteiger partial charge in [0.1, 0.15) is 0 Å². The molecule has 0 aliphatic carbocycles. The summed E-state index contributed by atoms with van der Waals surface area (Å²) >= 11 is 0. The van der Waals surface area contributed by atoms with Gasteiger partial charge in [-0.25, -0.2) is 4.79 Å². The van der Waals surface area contributed by atoms with Crippen molar-refractivity contribution in [1.82, 2.24) is 9.78 Å². The van der Waals surface area contributed by atoms with Gasteiger partial charge < -0.3 is 5.11 Å². The van der Waals surface area contributed by atoms with E-state index in [-0.39, 0.29) is 11.2 Å². The lowest BCUT2D eigenvalue weighted by Crippen LogP contribution is -2.24. The number of carboxylic acids is 1. The number of hydrogen-bond acceptors (Lipinski definition) is 2. The monoisotopic (exact) mass is 182 g/mol. The zero-order valence-corrected chi connectivity index (χ0v) is 8.33. The van der Waals surface area contributed by atoms with Crippen LogP contribution < -0.4 is 0 Å². The summed E-state index contributed by atoms with van der Waals surface area (Å²) in [4.78, 5) is 10.6. The average molecular weight is 182 g/mol. The summed E-state index contributed by atoms with van der Waals surface area (Å²) in [5.41, 5.74) is 0.801. The molecule has 0 aliphatic rings. The molecule has 0 radical (unpaired) electrons. The highest BCUT2D eigenvalue weighted by Crippen LogP contribution is 2.16. The van der Waals surface area contributed by atoms with Crippen molar-refractivity contribution in [3.05, 3.63) is 17.5 Å². The van der Waals surface area contributed by atoms with E-state index in [2.05, 4.69) is 5.10 Å². The molecular formula is C9H14N2O2. The average Bonchev–Trinajstić information content (AvgIpc) is 2.29. The van der Waals surface area contributed by atoms with E-state index in [4.69, 9.17) is 5.11 Å². The molecule has 1 heterocycles. The molecule has 1 N–H and O–H groups in total. The number of carboxylic acid groups (broad SMARTS) is 1. The number of rotatable bonds is 1. The molecule has 4 heteroatoms. The summed E-state index contributed by atoms with van der Waals surface area (Å²) in [7, 11) is 0. The van der Waals surface area contributed by atoms with Gasteiger partial charge in [-0.3, -0.25) is 4.68 Å². The second kappa shape index (κ2) is 2.87. The summed E-state index contributed by atoms with van der Waals surface area (Å²) in [6, 6.07) is 1.58. The Morgan fingerprint density at radius 1 is 1.54 bits per heavy atom. The third kappa shape index (κ3) is 1.88. The molecule has 0 bridgehead atoms. The van der Waals surface area contributed by atoms with Gasteiger partial charge in [-0.2, -0.15) is 5.10 Å². The Bertz CT molecular complexity index is 334. The van der Waals surface area contributed by atoms with Crippen LogP contribution in [0.25, 0.3) is 0 Å². The van der Waals surface area contributed by atoms with Gasteiger partial charge in [0.15, 0.2) is 5.69 Å². The molecular weight excluding hydrogens is 168 g/mol. The fraction of sp³-hybridized carbons (Fsp3) is 0.556. The zero-order chi connectivity index (χ0) is 10.2. The highest BCUT2D eigenvalue weighted by molar-refractivity contribution is 5.85. The first-order chi connectivity index (χ1) is 5.82. The van der Waals surface area contributed by atoms with Crippen molar-refractivity contribution in [2.45, 2.75) is 33.2 Å². The van der Waals surface area contributed by atoms with Crippen molar-refractivity contribution < 1.29 is 9.90 Å². The molecule has 0 saturated heterocycles. The number of nitrogens with zero attached hydrogens (tertiary/aromatic N) is 2. The Balaban J connectivity index is 3.18. The Morgan fingerprint density at radius 2 is 2.08 bits per heavy atom. The van der Waals surface area contributed by atoms with E-state index in [1.54, 1.807) is 10.7 Å². The molecule has 72 valence electrons. The smallest absolute Gasteiger partial charge is 0.356 e. The Labute approximate surface area is 77.2 Å². The number of carbonyl (C=O) groups is 1. The van der Waals surface area contributed by atoms with Crippen molar-refractivity contribution in [2.24, 2.45) is 0 Å². The van der Waals surface area contributed by atoms with E-state index in [0.717, 1.165) is 5.69 Å². The SMILES string of the molecule is Cc1cc(C(=O)O)nn1C(C)(C)C. The van der Waals surface area contributed by atoms with Crippen LogP contribution in [-0.4, -0.2) is 20.9 Å². The quantitative estimate of drug-likeness (QED) is 0.718. The number of hydrogen-bond donors (Lipinski definition) is 1. The highest BCUT2D eigenvalue weighted by atomic mass is 16.4. The predicted molar refractivity (Wildman–Crippen MR) is 48.9 cm³/mol. The number of aryl methyl sites for hydroxylation is 1. The summed E-state index contributed by atoms with van der Waals surface area (Å²) in [5.74, 6) is -0.980. The lowest BCUT2D eigenvalue weighted by Gasteiger charge is -2.20. The summed E-state index contributed by atoms with van der Waals surface area (Å²) in [6.45, 7) is 7.81. The van der Waals surface area contributed by atoms with Crippen LogP contribution >= 0.6 is 0 Å². The van der Waals surface area contributed by atoms with Crippen LogP contribution in [0.4, 0.5) is 0 Å². The minimum absolute atomic E-state index is 0.104. The van der Waals surface area contributed by atoms with Gasteiger partial charge in [-0.1, -0.05) is 0 Å². The molecule has 0 fully saturated rings. The Hall–Kier alpha value is -1.32. The van der Waals surface area contributed by atoms with E-state index < -0.39 is 5.97 Å². The van der Waals surface area contributed by atoms with E-state index in [1.165, 1.54) is 0 Å². The molecule has 1 aromatic rings. The summed E-state index contributed by atoms with van der Waals surface area (Å²) < 4.78 is 1.72. The maximum Gasteiger partial charge on any atom is 0.356 e. The van der Waals surface area contributed by atoms with Gasteiger partial charge in [0.05, 0.1) is 5.54 Å². The lowest BCUT2D eigenvalue weighted by molar-refractivity contribution is 0.0688. The Kier molecular flexibility index (Phi) is 2.15. The van der Waals surface area contributed by atoms with Crippen molar-refractivity contribution >= 4 is 5.97 Å². The van der Waals surface area contributed by atoms with Gasteiger partial charge in [-0.15, -0.1) is 0 Å². The second-order valence-electron chi connectivity index (χ2n) is 4.06. The number of aromatic nitrogens is 2. The minimum atomic E-state index is -0.980. The van der Waals surface area contributed by atoms with E-state index in [1.807, 2.05) is 27.7 Å². The maximum atomic E-state index is 10.6. The summed E-state index contributed by atoms with van der Waals surface area (Å²) in [6.07, 6.45) is 0. The van der Waals surface area contributed by atoms with Crippen molar-refractivity contribution in [3.8, 4) is 0 Å².